The third kappa shape index (κ3) is 4.78. The summed E-state index contributed by atoms with van der Waals surface area (Å²) in [7, 11) is 0. The standard InChI is InChI=1S/C21H15F2N3OS2/c22-15-3-6-17(7-4-15)28-13-20(27)26(12-14-2-1-9-24-11-14)21-25-18-8-5-16(23)10-19(18)29-21/h1-11H,12-13H2. The second-order valence-corrected chi connectivity index (χ2v) is 8.25. The zero-order valence-corrected chi connectivity index (χ0v) is 16.7. The van der Waals surface area contributed by atoms with E-state index in [4.69, 9.17) is 0 Å². The summed E-state index contributed by atoms with van der Waals surface area (Å²) in [6.07, 6.45) is 3.36. The number of thiazole rings is 1. The molecule has 0 bridgehead atoms. The number of carbonyl (C=O) groups is 1. The Morgan fingerprint density at radius 2 is 1.86 bits per heavy atom. The summed E-state index contributed by atoms with van der Waals surface area (Å²) >= 11 is 2.59. The molecule has 0 atom stereocenters. The molecule has 0 saturated heterocycles. The fourth-order valence-electron chi connectivity index (χ4n) is 2.69. The molecule has 4 rings (SSSR count). The maximum Gasteiger partial charge on any atom is 0.239 e. The minimum absolute atomic E-state index is 0.150. The van der Waals surface area contributed by atoms with Gasteiger partial charge in [0, 0.05) is 17.3 Å². The number of aromatic nitrogens is 2. The number of halogens is 2. The number of rotatable bonds is 6. The molecular weight excluding hydrogens is 412 g/mol. The molecule has 0 spiro atoms. The lowest BCUT2D eigenvalue weighted by molar-refractivity contribution is -0.116. The van der Waals surface area contributed by atoms with Gasteiger partial charge in [0.25, 0.3) is 0 Å². The molecule has 146 valence electrons. The first-order valence-electron chi connectivity index (χ1n) is 8.72. The van der Waals surface area contributed by atoms with Gasteiger partial charge >= 0.3 is 0 Å². The van der Waals surface area contributed by atoms with Crippen LogP contribution in [0.2, 0.25) is 0 Å². The van der Waals surface area contributed by atoms with E-state index >= 15 is 0 Å². The van der Waals surface area contributed by atoms with E-state index in [0.29, 0.717) is 21.9 Å². The number of anilines is 1. The van der Waals surface area contributed by atoms with Crippen LogP contribution in [0.15, 0.2) is 71.9 Å². The normalized spacial score (nSPS) is 11.0. The van der Waals surface area contributed by atoms with E-state index in [9.17, 15) is 13.6 Å². The summed E-state index contributed by atoms with van der Waals surface area (Å²) in [5.74, 6) is -0.649. The maximum atomic E-state index is 13.5. The Bertz CT molecular complexity index is 1130. The number of benzene rings is 2. The number of amides is 1. The Balaban J connectivity index is 1.59. The summed E-state index contributed by atoms with van der Waals surface area (Å²) in [4.78, 5) is 24.0. The minimum Gasteiger partial charge on any atom is -0.283 e. The van der Waals surface area contributed by atoms with Crippen molar-refractivity contribution in [2.24, 2.45) is 0 Å². The zero-order chi connectivity index (χ0) is 20.2. The molecule has 0 saturated carbocycles. The third-order valence-corrected chi connectivity index (χ3v) is 6.15. The SMILES string of the molecule is O=C(CSc1ccc(F)cc1)N(Cc1cccnc1)c1nc2ccc(F)cc2s1. The van der Waals surface area contributed by atoms with Crippen LogP contribution in [0.1, 0.15) is 5.56 Å². The first-order valence-corrected chi connectivity index (χ1v) is 10.5. The molecule has 0 fully saturated rings. The van der Waals surface area contributed by atoms with Crippen LogP contribution in [0.3, 0.4) is 0 Å². The molecule has 0 N–H and O–H groups in total. The lowest BCUT2D eigenvalue weighted by atomic mass is 10.2. The Kier molecular flexibility index (Phi) is 5.82. The number of fused-ring (bicyclic) bond motifs is 1. The van der Waals surface area contributed by atoms with Crippen molar-refractivity contribution in [1.29, 1.82) is 0 Å². The second kappa shape index (κ2) is 8.67. The first kappa shape index (κ1) is 19.5. The van der Waals surface area contributed by atoms with Crippen LogP contribution in [-0.2, 0) is 11.3 Å². The van der Waals surface area contributed by atoms with Crippen molar-refractivity contribution >= 4 is 44.4 Å². The number of hydrogen-bond donors (Lipinski definition) is 0. The van der Waals surface area contributed by atoms with E-state index < -0.39 is 0 Å². The molecule has 2 heterocycles. The summed E-state index contributed by atoms with van der Waals surface area (Å²) in [5, 5.41) is 0.499. The largest absolute Gasteiger partial charge is 0.283 e. The lowest BCUT2D eigenvalue weighted by Gasteiger charge is -2.19. The molecule has 2 aromatic carbocycles. The van der Waals surface area contributed by atoms with Crippen LogP contribution >= 0.6 is 23.1 Å². The van der Waals surface area contributed by atoms with Crippen LogP contribution in [0, 0.1) is 11.6 Å². The molecule has 4 nitrogen and oxygen atoms in total. The molecule has 8 heteroatoms. The molecule has 2 aromatic heterocycles. The fraction of sp³-hybridized carbons (Fsp3) is 0.0952. The van der Waals surface area contributed by atoms with Gasteiger partial charge in [0.15, 0.2) is 5.13 Å². The predicted octanol–water partition coefficient (Wildman–Crippen LogP) is 5.30. The molecule has 0 aliphatic carbocycles. The van der Waals surface area contributed by atoms with Gasteiger partial charge in [-0.2, -0.15) is 0 Å². The van der Waals surface area contributed by atoms with Crippen molar-refractivity contribution < 1.29 is 13.6 Å². The Hall–Kier alpha value is -2.84. The number of thioether (sulfide) groups is 1. The highest BCUT2D eigenvalue weighted by Crippen LogP contribution is 2.31. The van der Waals surface area contributed by atoms with E-state index in [-0.39, 0.29) is 23.3 Å². The van der Waals surface area contributed by atoms with Crippen molar-refractivity contribution in [1.82, 2.24) is 9.97 Å². The topological polar surface area (TPSA) is 46.1 Å². The molecule has 0 aliphatic heterocycles. The molecule has 29 heavy (non-hydrogen) atoms. The maximum absolute atomic E-state index is 13.5. The van der Waals surface area contributed by atoms with Crippen LogP contribution < -0.4 is 4.90 Å². The number of nitrogens with zero attached hydrogens (tertiary/aromatic N) is 3. The van der Waals surface area contributed by atoms with Gasteiger partial charge in [0.05, 0.1) is 22.5 Å². The fourth-order valence-corrected chi connectivity index (χ4v) is 4.47. The van der Waals surface area contributed by atoms with Gasteiger partial charge in [-0.25, -0.2) is 13.8 Å². The van der Waals surface area contributed by atoms with Crippen molar-refractivity contribution in [3.05, 3.63) is 84.2 Å². The van der Waals surface area contributed by atoms with E-state index in [2.05, 4.69) is 9.97 Å². The van der Waals surface area contributed by atoms with Gasteiger partial charge in [-0.15, -0.1) is 11.8 Å². The summed E-state index contributed by atoms with van der Waals surface area (Å²) in [6, 6.07) is 14.1. The van der Waals surface area contributed by atoms with E-state index in [0.717, 1.165) is 10.5 Å². The van der Waals surface area contributed by atoms with E-state index in [1.165, 1.54) is 47.4 Å². The van der Waals surface area contributed by atoms with Crippen molar-refractivity contribution in [2.45, 2.75) is 11.4 Å². The Morgan fingerprint density at radius 3 is 2.62 bits per heavy atom. The molecule has 0 unspecified atom stereocenters. The van der Waals surface area contributed by atoms with Gasteiger partial charge in [-0.05, 0) is 54.1 Å². The highest BCUT2D eigenvalue weighted by Gasteiger charge is 2.21. The Morgan fingerprint density at radius 1 is 1.07 bits per heavy atom. The van der Waals surface area contributed by atoms with Crippen LogP contribution in [0.25, 0.3) is 10.2 Å². The quantitative estimate of drug-likeness (QED) is 0.392. The average molecular weight is 428 g/mol. The van der Waals surface area contributed by atoms with E-state index in [1.807, 2.05) is 6.07 Å². The zero-order valence-electron chi connectivity index (χ0n) is 15.1. The number of hydrogen-bond acceptors (Lipinski definition) is 5. The molecule has 4 aromatic rings. The third-order valence-electron chi connectivity index (χ3n) is 4.11. The molecular formula is C21H15F2N3OS2. The van der Waals surface area contributed by atoms with Crippen molar-refractivity contribution in [2.75, 3.05) is 10.7 Å². The van der Waals surface area contributed by atoms with Crippen molar-refractivity contribution in [3.63, 3.8) is 0 Å². The average Bonchev–Trinajstić information content (AvgIpc) is 3.15. The highest BCUT2D eigenvalue weighted by molar-refractivity contribution is 8.00. The Labute approximate surface area is 174 Å². The van der Waals surface area contributed by atoms with Crippen LogP contribution in [-0.4, -0.2) is 21.6 Å². The van der Waals surface area contributed by atoms with Gasteiger partial charge in [0.2, 0.25) is 5.91 Å². The lowest BCUT2D eigenvalue weighted by Crippen LogP contribution is -2.31. The van der Waals surface area contributed by atoms with Gasteiger partial charge in [-0.3, -0.25) is 14.7 Å². The number of carbonyl (C=O) groups excluding carboxylic acids is 1. The van der Waals surface area contributed by atoms with Crippen LogP contribution in [0.4, 0.5) is 13.9 Å². The molecule has 0 radical (unpaired) electrons. The smallest absolute Gasteiger partial charge is 0.239 e. The summed E-state index contributed by atoms with van der Waals surface area (Å²) in [6.45, 7) is 0.305. The van der Waals surface area contributed by atoms with Crippen LogP contribution in [0.5, 0.6) is 0 Å². The monoisotopic (exact) mass is 427 g/mol. The van der Waals surface area contributed by atoms with Gasteiger partial charge in [-0.1, -0.05) is 17.4 Å². The van der Waals surface area contributed by atoms with E-state index in [1.54, 1.807) is 41.6 Å². The summed E-state index contributed by atoms with van der Waals surface area (Å²) in [5.41, 5.74) is 1.50. The van der Waals surface area contributed by atoms with Gasteiger partial charge in [0.1, 0.15) is 11.6 Å². The van der Waals surface area contributed by atoms with Gasteiger partial charge < -0.3 is 0 Å². The summed E-state index contributed by atoms with van der Waals surface area (Å²) < 4.78 is 27.3. The second-order valence-electron chi connectivity index (χ2n) is 6.19. The first-order chi connectivity index (χ1) is 14.1. The highest BCUT2D eigenvalue weighted by atomic mass is 32.2. The molecule has 1 amide bonds. The predicted molar refractivity (Wildman–Crippen MR) is 112 cm³/mol. The number of pyridine rings is 1. The minimum atomic E-state index is -0.343. The molecule has 0 aliphatic rings. The van der Waals surface area contributed by atoms with Crippen molar-refractivity contribution in [3.8, 4) is 0 Å².